The van der Waals surface area contributed by atoms with Crippen LogP contribution in [0.25, 0.3) is 0 Å². The predicted octanol–water partition coefficient (Wildman–Crippen LogP) is 1.16. The van der Waals surface area contributed by atoms with Crippen LogP contribution in [0.15, 0.2) is 6.20 Å². The zero-order chi connectivity index (χ0) is 21.3. The highest BCUT2D eigenvalue weighted by molar-refractivity contribution is 5.77. The molecule has 2 atom stereocenters. The monoisotopic (exact) mass is 415 g/mol. The zero-order valence-corrected chi connectivity index (χ0v) is 18.3. The Balaban J connectivity index is 1.34. The molecule has 2 saturated heterocycles. The lowest BCUT2D eigenvalue weighted by Crippen LogP contribution is -2.50. The normalized spacial score (nSPS) is 25.9. The third kappa shape index (κ3) is 4.21. The van der Waals surface area contributed by atoms with Gasteiger partial charge in [-0.25, -0.2) is 9.97 Å². The van der Waals surface area contributed by atoms with Crippen LogP contribution < -0.4 is 5.32 Å². The van der Waals surface area contributed by atoms with Gasteiger partial charge in [0.15, 0.2) is 0 Å². The molecular formula is C22H33N5O3. The van der Waals surface area contributed by atoms with Crippen LogP contribution >= 0.6 is 0 Å². The van der Waals surface area contributed by atoms with Crippen molar-refractivity contribution in [3.63, 3.8) is 0 Å². The second kappa shape index (κ2) is 8.59. The minimum atomic E-state index is -0.369. The maximum Gasteiger partial charge on any atom is 0.224 e. The Kier molecular flexibility index (Phi) is 6.06. The molecule has 0 saturated carbocycles. The Bertz CT molecular complexity index is 806. The molecule has 1 aromatic heterocycles. The highest BCUT2D eigenvalue weighted by atomic mass is 16.5. The van der Waals surface area contributed by atoms with Gasteiger partial charge in [0, 0.05) is 51.3 Å². The van der Waals surface area contributed by atoms with Gasteiger partial charge in [-0.2, -0.15) is 0 Å². The number of aromatic nitrogens is 2. The summed E-state index contributed by atoms with van der Waals surface area (Å²) in [6.07, 6.45) is 6.92. The summed E-state index contributed by atoms with van der Waals surface area (Å²) < 4.78 is 6.26. The van der Waals surface area contributed by atoms with E-state index in [1.165, 1.54) is 5.56 Å². The van der Waals surface area contributed by atoms with Crippen LogP contribution in [0, 0.1) is 6.92 Å². The summed E-state index contributed by atoms with van der Waals surface area (Å²) in [6.45, 7) is 6.20. The van der Waals surface area contributed by atoms with Crippen LogP contribution in [-0.4, -0.2) is 77.0 Å². The molecular weight excluding hydrogens is 382 g/mol. The van der Waals surface area contributed by atoms with E-state index in [2.05, 4.69) is 22.2 Å². The molecule has 4 heterocycles. The molecule has 8 heteroatoms. The van der Waals surface area contributed by atoms with Gasteiger partial charge in [0.2, 0.25) is 11.8 Å². The summed E-state index contributed by atoms with van der Waals surface area (Å²) in [4.78, 5) is 37.5. The number of rotatable bonds is 4. The molecule has 8 nitrogen and oxygen atoms in total. The van der Waals surface area contributed by atoms with E-state index in [4.69, 9.17) is 9.72 Å². The first kappa shape index (κ1) is 21.2. The Morgan fingerprint density at radius 2 is 2.00 bits per heavy atom. The van der Waals surface area contributed by atoms with Gasteiger partial charge >= 0.3 is 0 Å². The Morgan fingerprint density at radius 1 is 1.27 bits per heavy atom. The van der Waals surface area contributed by atoms with Gasteiger partial charge in [0.1, 0.15) is 11.4 Å². The first-order valence-electron chi connectivity index (χ1n) is 11.1. The number of likely N-dealkylation sites (tertiary alicyclic amines) is 2. The second-order valence-electron chi connectivity index (χ2n) is 8.96. The molecule has 0 unspecified atom stereocenters. The summed E-state index contributed by atoms with van der Waals surface area (Å²) in [5.41, 5.74) is 1.85. The molecule has 0 aromatic carbocycles. The van der Waals surface area contributed by atoms with Gasteiger partial charge in [-0.15, -0.1) is 0 Å². The van der Waals surface area contributed by atoms with Crippen molar-refractivity contribution >= 4 is 11.8 Å². The van der Waals surface area contributed by atoms with Crippen molar-refractivity contribution in [1.82, 2.24) is 25.1 Å². The lowest BCUT2D eigenvalue weighted by molar-refractivity contribution is -0.142. The fraction of sp³-hybridized carbons (Fsp3) is 0.727. The fourth-order valence-corrected chi connectivity index (χ4v) is 5.17. The molecule has 3 aliphatic rings. The van der Waals surface area contributed by atoms with Crippen molar-refractivity contribution in [2.24, 2.45) is 0 Å². The summed E-state index contributed by atoms with van der Waals surface area (Å²) in [7, 11) is 2.07. The third-order valence-electron chi connectivity index (χ3n) is 7.07. The van der Waals surface area contributed by atoms with Crippen LogP contribution in [0.4, 0.5) is 0 Å². The third-order valence-corrected chi connectivity index (χ3v) is 7.07. The number of hydrogen-bond donors (Lipinski definition) is 1. The number of fused-ring (bicyclic) bond motifs is 2. The topological polar surface area (TPSA) is 87.7 Å². The maximum atomic E-state index is 13.0. The Labute approximate surface area is 178 Å². The standard InChI is InChI=1S/C22H33N5O3/c1-15-23-13-17-6-11-30-22(21(17)25-15)7-9-27(10-8-22)20(29)12-18-4-5-19(26(18)3)14-24-16(2)28/h13,18-19H,4-12,14H2,1-3H3,(H,24,28)/t18-,19+/m0/s1. The number of amides is 2. The van der Waals surface area contributed by atoms with E-state index in [1.807, 2.05) is 18.0 Å². The first-order valence-corrected chi connectivity index (χ1v) is 11.1. The number of likely N-dealkylation sites (N-methyl/N-ethyl adjacent to an activating group) is 1. The van der Waals surface area contributed by atoms with Crippen molar-refractivity contribution in [2.75, 3.05) is 33.3 Å². The SMILES string of the molecule is CC(=O)NC[C@H]1CC[C@@H](CC(=O)N2CCC3(CC2)OCCc2cnc(C)nc23)N1C. The molecule has 0 bridgehead atoms. The lowest BCUT2D eigenvalue weighted by Gasteiger charge is -2.44. The van der Waals surface area contributed by atoms with Crippen molar-refractivity contribution < 1.29 is 14.3 Å². The van der Waals surface area contributed by atoms with Crippen LogP contribution in [0.2, 0.25) is 0 Å². The number of hydrogen-bond acceptors (Lipinski definition) is 6. The molecule has 1 spiro atoms. The number of carbonyl (C=O) groups is 2. The molecule has 0 radical (unpaired) electrons. The quantitative estimate of drug-likeness (QED) is 0.794. The summed E-state index contributed by atoms with van der Waals surface area (Å²) >= 11 is 0. The van der Waals surface area contributed by atoms with E-state index < -0.39 is 0 Å². The highest BCUT2D eigenvalue weighted by Gasteiger charge is 2.43. The molecule has 4 rings (SSSR count). The molecule has 2 fully saturated rings. The number of ether oxygens (including phenoxy) is 1. The van der Waals surface area contributed by atoms with Crippen molar-refractivity contribution in [3.8, 4) is 0 Å². The molecule has 2 amide bonds. The second-order valence-corrected chi connectivity index (χ2v) is 8.96. The molecule has 30 heavy (non-hydrogen) atoms. The highest BCUT2D eigenvalue weighted by Crippen LogP contribution is 2.40. The number of piperidine rings is 1. The van der Waals surface area contributed by atoms with Crippen LogP contribution in [0.5, 0.6) is 0 Å². The molecule has 3 aliphatic heterocycles. The Hall–Kier alpha value is -2.06. The van der Waals surface area contributed by atoms with E-state index in [0.29, 0.717) is 38.7 Å². The van der Waals surface area contributed by atoms with Crippen LogP contribution in [0.1, 0.15) is 56.1 Å². The van der Waals surface area contributed by atoms with Crippen LogP contribution in [0.3, 0.4) is 0 Å². The number of nitrogens with one attached hydrogen (secondary N) is 1. The van der Waals surface area contributed by atoms with Gasteiger partial charge in [-0.05, 0) is 51.6 Å². The van der Waals surface area contributed by atoms with Crippen LogP contribution in [-0.2, 0) is 26.3 Å². The van der Waals surface area contributed by atoms with Crippen molar-refractivity contribution in [2.45, 2.75) is 70.1 Å². The Morgan fingerprint density at radius 3 is 2.73 bits per heavy atom. The van der Waals surface area contributed by atoms with E-state index in [9.17, 15) is 9.59 Å². The van der Waals surface area contributed by atoms with E-state index in [0.717, 1.165) is 43.6 Å². The number of carbonyl (C=O) groups excluding carboxylic acids is 2. The summed E-state index contributed by atoms with van der Waals surface area (Å²) in [6, 6.07) is 0.556. The van der Waals surface area contributed by atoms with Gasteiger partial charge in [0.05, 0.1) is 12.3 Å². The largest absolute Gasteiger partial charge is 0.368 e. The average Bonchev–Trinajstić information content (AvgIpc) is 3.07. The first-order chi connectivity index (χ1) is 14.4. The van der Waals surface area contributed by atoms with Gasteiger partial charge in [-0.3, -0.25) is 14.5 Å². The van der Waals surface area contributed by atoms with E-state index >= 15 is 0 Å². The minimum Gasteiger partial charge on any atom is -0.368 e. The minimum absolute atomic E-state index is 0.00265. The summed E-state index contributed by atoms with van der Waals surface area (Å²) in [5.74, 6) is 0.990. The average molecular weight is 416 g/mol. The molecule has 0 aliphatic carbocycles. The van der Waals surface area contributed by atoms with E-state index in [1.54, 1.807) is 6.92 Å². The van der Waals surface area contributed by atoms with Crippen molar-refractivity contribution in [3.05, 3.63) is 23.3 Å². The lowest BCUT2D eigenvalue weighted by atomic mass is 9.83. The van der Waals surface area contributed by atoms with Gasteiger partial charge in [-0.1, -0.05) is 0 Å². The zero-order valence-electron chi connectivity index (χ0n) is 18.3. The molecule has 1 aromatic rings. The van der Waals surface area contributed by atoms with E-state index in [-0.39, 0.29) is 23.5 Å². The smallest absolute Gasteiger partial charge is 0.224 e. The number of aryl methyl sites for hydroxylation is 1. The predicted molar refractivity (Wildman–Crippen MR) is 112 cm³/mol. The fourth-order valence-electron chi connectivity index (χ4n) is 5.17. The van der Waals surface area contributed by atoms with Crippen molar-refractivity contribution in [1.29, 1.82) is 0 Å². The van der Waals surface area contributed by atoms with Gasteiger partial charge < -0.3 is 15.0 Å². The number of nitrogens with zero attached hydrogens (tertiary/aromatic N) is 4. The maximum absolute atomic E-state index is 13.0. The summed E-state index contributed by atoms with van der Waals surface area (Å²) in [5, 5.41) is 2.90. The molecule has 164 valence electrons. The van der Waals surface area contributed by atoms with Gasteiger partial charge in [0.25, 0.3) is 0 Å². The molecule has 1 N–H and O–H groups in total.